The molecule has 1 saturated heterocycles. The van der Waals surface area contributed by atoms with Gasteiger partial charge < -0.3 is 11.1 Å². The number of likely N-dealkylation sites (tertiary alicyclic amines) is 1. The van der Waals surface area contributed by atoms with Gasteiger partial charge in [-0.2, -0.15) is 0 Å². The quantitative estimate of drug-likeness (QED) is 0.567. The van der Waals surface area contributed by atoms with Crippen molar-refractivity contribution in [1.82, 2.24) is 10.2 Å². The van der Waals surface area contributed by atoms with Gasteiger partial charge in [0.15, 0.2) is 0 Å². The minimum Gasteiger partial charge on any atom is -0.368 e. The molecule has 0 radical (unpaired) electrons. The summed E-state index contributed by atoms with van der Waals surface area (Å²) in [6.07, 6.45) is 0.668. The Balaban J connectivity index is 2.13. The largest absolute Gasteiger partial charge is 0.368 e. The molecule has 1 aliphatic heterocycles. The first-order valence-electron chi connectivity index (χ1n) is 5.25. The van der Waals surface area contributed by atoms with Crippen LogP contribution in [-0.4, -0.2) is 41.8 Å². The molecule has 6 nitrogen and oxygen atoms in total. The van der Waals surface area contributed by atoms with E-state index in [0.717, 1.165) is 4.90 Å². The number of piperidine rings is 1. The first kappa shape index (κ1) is 11.1. The molecule has 0 aromatic carbocycles. The van der Waals surface area contributed by atoms with Crippen molar-refractivity contribution in [1.29, 1.82) is 0 Å². The summed E-state index contributed by atoms with van der Waals surface area (Å²) in [5.74, 6) is -1.19. The van der Waals surface area contributed by atoms with Crippen LogP contribution in [0.25, 0.3) is 0 Å². The minimum atomic E-state index is -1.05. The Hall–Kier alpha value is -1.43. The fraction of sp³-hybridized carbons (Fsp3) is 0.700. The Labute approximate surface area is 93.1 Å². The molecule has 1 heterocycles. The van der Waals surface area contributed by atoms with Crippen molar-refractivity contribution in [2.24, 2.45) is 17.6 Å². The summed E-state index contributed by atoms with van der Waals surface area (Å²) < 4.78 is 0. The third kappa shape index (κ3) is 1.41. The van der Waals surface area contributed by atoms with E-state index in [-0.39, 0.29) is 30.2 Å². The van der Waals surface area contributed by atoms with Crippen LogP contribution in [0.5, 0.6) is 0 Å². The molecular formula is C10H15N3O3. The van der Waals surface area contributed by atoms with E-state index < -0.39 is 11.4 Å². The van der Waals surface area contributed by atoms with Crippen molar-refractivity contribution in [3.05, 3.63) is 0 Å². The molecule has 0 aromatic heterocycles. The Morgan fingerprint density at radius 1 is 1.50 bits per heavy atom. The number of carbonyl (C=O) groups is 3. The highest BCUT2D eigenvalue weighted by atomic mass is 16.2. The maximum absolute atomic E-state index is 11.7. The van der Waals surface area contributed by atoms with Crippen LogP contribution in [0.4, 0.5) is 0 Å². The number of hydrogen-bond donors (Lipinski definition) is 2. The van der Waals surface area contributed by atoms with Crippen LogP contribution >= 0.6 is 0 Å². The van der Waals surface area contributed by atoms with Gasteiger partial charge in [0.25, 0.3) is 0 Å². The van der Waals surface area contributed by atoms with Crippen molar-refractivity contribution < 1.29 is 14.4 Å². The summed E-state index contributed by atoms with van der Waals surface area (Å²) >= 11 is 0. The summed E-state index contributed by atoms with van der Waals surface area (Å²) in [5, 5.41) is 2.75. The molecule has 0 spiro atoms. The van der Waals surface area contributed by atoms with Crippen LogP contribution in [-0.2, 0) is 14.4 Å². The number of nitrogens with two attached hydrogens (primary N) is 1. The number of imide groups is 1. The van der Waals surface area contributed by atoms with Gasteiger partial charge in [-0.05, 0) is 20.4 Å². The zero-order valence-corrected chi connectivity index (χ0v) is 9.32. The second-order valence-corrected chi connectivity index (χ2v) is 4.66. The van der Waals surface area contributed by atoms with Crippen LogP contribution in [0.1, 0.15) is 13.3 Å². The second kappa shape index (κ2) is 3.28. The number of nitrogens with one attached hydrogen (secondary N) is 1. The molecule has 1 saturated carbocycles. The van der Waals surface area contributed by atoms with E-state index in [1.807, 2.05) is 0 Å². The molecule has 0 aromatic rings. The van der Waals surface area contributed by atoms with E-state index in [2.05, 4.69) is 5.32 Å². The van der Waals surface area contributed by atoms with E-state index in [4.69, 9.17) is 5.73 Å². The SMILES string of the molecule is CNC(C)(CN1C(=O)C2CC2C1=O)C(N)=O. The smallest absolute Gasteiger partial charge is 0.239 e. The van der Waals surface area contributed by atoms with Gasteiger partial charge in [-0.15, -0.1) is 0 Å². The topological polar surface area (TPSA) is 92.5 Å². The predicted molar refractivity (Wildman–Crippen MR) is 55.0 cm³/mol. The molecule has 0 bridgehead atoms. The van der Waals surface area contributed by atoms with Crippen LogP contribution in [0, 0.1) is 11.8 Å². The molecule has 2 aliphatic rings. The van der Waals surface area contributed by atoms with Gasteiger partial charge in [-0.1, -0.05) is 0 Å². The third-order valence-electron chi connectivity index (χ3n) is 3.53. The molecule has 2 fully saturated rings. The van der Waals surface area contributed by atoms with Crippen molar-refractivity contribution in [3.8, 4) is 0 Å². The number of hydrogen-bond acceptors (Lipinski definition) is 4. The van der Waals surface area contributed by atoms with E-state index in [0.29, 0.717) is 6.42 Å². The van der Waals surface area contributed by atoms with Gasteiger partial charge in [-0.25, -0.2) is 0 Å². The maximum atomic E-state index is 11.7. The number of carbonyl (C=O) groups excluding carboxylic acids is 3. The average Bonchev–Trinajstić information content (AvgIpc) is 2.98. The lowest BCUT2D eigenvalue weighted by molar-refractivity contribution is -0.143. The van der Waals surface area contributed by atoms with E-state index in [1.165, 1.54) is 0 Å². The Bertz CT molecular complexity index is 362. The molecule has 88 valence electrons. The van der Waals surface area contributed by atoms with E-state index in [9.17, 15) is 14.4 Å². The Morgan fingerprint density at radius 3 is 2.38 bits per heavy atom. The minimum absolute atomic E-state index is 0.0174. The molecule has 1 aliphatic carbocycles. The van der Waals surface area contributed by atoms with E-state index >= 15 is 0 Å². The first-order chi connectivity index (χ1) is 7.40. The summed E-state index contributed by atoms with van der Waals surface area (Å²) in [4.78, 5) is 35.8. The van der Waals surface area contributed by atoms with Crippen LogP contribution < -0.4 is 11.1 Å². The van der Waals surface area contributed by atoms with Crippen molar-refractivity contribution >= 4 is 17.7 Å². The molecule has 3 N–H and O–H groups in total. The summed E-state index contributed by atoms with van der Waals surface area (Å²) in [6, 6.07) is 0. The molecule has 6 heteroatoms. The molecule has 2 rings (SSSR count). The summed E-state index contributed by atoms with van der Waals surface area (Å²) in [7, 11) is 1.58. The number of amides is 3. The Morgan fingerprint density at radius 2 is 2.00 bits per heavy atom. The third-order valence-corrected chi connectivity index (χ3v) is 3.53. The van der Waals surface area contributed by atoms with Gasteiger partial charge in [0.2, 0.25) is 17.7 Å². The first-order valence-corrected chi connectivity index (χ1v) is 5.25. The number of primary amides is 1. The Kier molecular flexibility index (Phi) is 2.27. The van der Waals surface area contributed by atoms with Crippen LogP contribution in [0.15, 0.2) is 0 Å². The molecule has 3 amide bonds. The van der Waals surface area contributed by atoms with Gasteiger partial charge in [0.1, 0.15) is 5.54 Å². The van der Waals surface area contributed by atoms with Crippen molar-refractivity contribution in [2.45, 2.75) is 18.9 Å². The molecule has 3 unspecified atom stereocenters. The van der Waals surface area contributed by atoms with Crippen molar-refractivity contribution in [2.75, 3.05) is 13.6 Å². The highest BCUT2D eigenvalue weighted by Gasteiger charge is 2.59. The van der Waals surface area contributed by atoms with Crippen LogP contribution in [0.2, 0.25) is 0 Å². The van der Waals surface area contributed by atoms with Gasteiger partial charge in [-0.3, -0.25) is 19.3 Å². The number of rotatable bonds is 4. The zero-order chi connectivity index (χ0) is 12.1. The molecule has 3 atom stereocenters. The zero-order valence-electron chi connectivity index (χ0n) is 9.32. The van der Waals surface area contributed by atoms with Gasteiger partial charge in [0, 0.05) is 0 Å². The lowest BCUT2D eigenvalue weighted by atomic mass is 10.0. The fourth-order valence-electron chi connectivity index (χ4n) is 2.00. The van der Waals surface area contributed by atoms with Gasteiger partial charge in [0.05, 0.1) is 18.4 Å². The number of nitrogens with zero attached hydrogens (tertiary/aromatic N) is 1. The summed E-state index contributed by atoms with van der Waals surface area (Å²) in [6.45, 7) is 1.60. The fourth-order valence-corrected chi connectivity index (χ4v) is 2.00. The standard InChI is InChI=1S/C10H15N3O3/c1-10(12-2,9(11)16)4-13-7(14)5-3-6(5)8(13)15/h5-6,12H,3-4H2,1-2H3,(H2,11,16). The second-order valence-electron chi connectivity index (χ2n) is 4.66. The average molecular weight is 225 g/mol. The van der Waals surface area contributed by atoms with Crippen molar-refractivity contribution in [3.63, 3.8) is 0 Å². The lowest BCUT2D eigenvalue weighted by Gasteiger charge is -2.30. The van der Waals surface area contributed by atoms with Gasteiger partial charge >= 0.3 is 0 Å². The highest BCUT2D eigenvalue weighted by Crippen LogP contribution is 2.47. The lowest BCUT2D eigenvalue weighted by Crippen LogP contribution is -2.59. The number of fused-ring (bicyclic) bond motifs is 1. The van der Waals surface area contributed by atoms with E-state index in [1.54, 1.807) is 14.0 Å². The number of likely N-dealkylation sites (N-methyl/N-ethyl adjacent to an activating group) is 1. The molecular weight excluding hydrogens is 210 g/mol. The normalized spacial score (nSPS) is 31.2. The van der Waals surface area contributed by atoms with Crippen LogP contribution in [0.3, 0.4) is 0 Å². The monoisotopic (exact) mass is 225 g/mol. The predicted octanol–water partition coefficient (Wildman–Crippen LogP) is -1.55. The maximum Gasteiger partial charge on any atom is 0.239 e. The summed E-state index contributed by atoms with van der Waals surface area (Å²) in [5.41, 5.74) is 4.19. The highest BCUT2D eigenvalue weighted by molar-refractivity contribution is 6.09. The molecule has 16 heavy (non-hydrogen) atoms.